The summed E-state index contributed by atoms with van der Waals surface area (Å²) < 4.78 is 26.6. The number of allylic oxidation sites excluding steroid dienone is 1. The van der Waals surface area contributed by atoms with Gasteiger partial charge in [-0.3, -0.25) is 0 Å². The Kier molecular flexibility index (Phi) is 6.78. The van der Waals surface area contributed by atoms with Crippen LogP contribution in [0.4, 0.5) is 0 Å². The second kappa shape index (κ2) is 6.98. The SMILES string of the molecule is C=CCCCCC(CS(N)(=O)=O)OC. The fraction of sp³-hybridized carbons (Fsp3) is 0.778. The Labute approximate surface area is 86.2 Å². The van der Waals surface area contributed by atoms with Crippen LogP contribution in [0.25, 0.3) is 0 Å². The van der Waals surface area contributed by atoms with Gasteiger partial charge in [0.1, 0.15) is 0 Å². The van der Waals surface area contributed by atoms with Crippen molar-refractivity contribution in [3.63, 3.8) is 0 Å². The minimum Gasteiger partial charge on any atom is -0.380 e. The molecule has 0 aliphatic rings. The Hall–Kier alpha value is -0.390. The van der Waals surface area contributed by atoms with E-state index in [9.17, 15) is 8.42 Å². The van der Waals surface area contributed by atoms with Gasteiger partial charge >= 0.3 is 0 Å². The molecule has 0 saturated heterocycles. The predicted octanol–water partition coefficient (Wildman–Crippen LogP) is 1.04. The van der Waals surface area contributed by atoms with Gasteiger partial charge < -0.3 is 4.74 Å². The molecule has 0 radical (unpaired) electrons. The van der Waals surface area contributed by atoms with E-state index in [-0.39, 0.29) is 11.9 Å². The number of methoxy groups -OCH3 is 1. The van der Waals surface area contributed by atoms with Gasteiger partial charge in [-0.05, 0) is 19.3 Å². The second-order valence-corrected chi connectivity index (χ2v) is 4.92. The van der Waals surface area contributed by atoms with E-state index >= 15 is 0 Å². The van der Waals surface area contributed by atoms with E-state index in [1.54, 1.807) is 0 Å². The number of sulfonamides is 1. The quantitative estimate of drug-likeness (QED) is 0.492. The van der Waals surface area contributed by atoms with E-state index in [4.69, 9.17) is 9.88 Å². The molecule has 1 unspecified atom stereocenters. The number of hydrogen-bond donors (Lipinski definition) is 1. The number of ether oxygens (including phenoxy) is 1. The zero-order valence-electron chi connectivity index (χ0n) is 8.61. The molecule has 0 bridgehead atoms. The van der Waals surface area contributed by atoms with Gasteiger partial charge in [-0.1, -0.05) is 12.5 Å². The Bertz CT molecular complexity index is 249. The Morgan fingerprint density at radius 1 is 1.50 bits per heavy atom. The molecule has 0 spiro atoms. The molecule has 4 nitrogen and oxygen atoms in total. The molecule has 0 rings (SSSR count). The van der Waals surface area contributed by atoms with Gasteiger partial charge in [-0.15, -0.1) is 6.58 Å². The molecule has 1 atom stereocenters. The first kappa shape index (κ1) is 13.6. The predicted molar refractivity (Wildman–Crippen MR) is 57.4 cm³/mol. The molecule has 0 aliphatic carbocycles. The summed E-state index contributed by atoms with van der Waals surface area (Å²) >= 11 is 0. The van der Waals surface area contributed by atoms with Crippen LogP contribution in [0.3, 0.4) is 0 Å². The van der Waals surface area contributed by atoms with Crippen LogP contribution in [-0.4, -0.2) is 27.4 Å². The molecule has 0 amide bonds. The van der Waals surface area contributed by atoms with Crippen LogP contribution in [0.15, 0.2) is 12.7 Å². The molecule has 14 heavy (non-hydrogen) atoms. The van der Waals surface area contributed by atoms with Crippen molar-refractivity contribution in [1.29, 1.82) is 0 Å². The number of hydrogen-bond acceptors (Lipinski definition) is 3. The average molecular weight is 221 g/mol. The number of unbranched alkanes of at least 4 members (excludes halogenated alkanes) is 2. The summed E-state index contributed by atoms with van der Waals surface area (Å²) in [6.07, 6.45) is 5.18. The second-order valence-electron chi connectivity index (χ2n) is 3.26. The summed E-state index contributed by atoms with van der Waals surface area (Å²) in [6.45, 7) is 3.61. The van der Waals surface area contributed by atoms with Gasteiger partial charge in [-0.25, -0.2) is 13.6 Å². The number of primary sulfonamides is 1. The maximum absolute atomic E-state index is 10.8. The zero-order valence-corrected chi connectivity index (χ0v) is 9.42. The smallest absolute Gasteiger partial charge is 0.211 e. The third-order valence-corrected chi connectivity index (χ3v) is 2.77. The van der Waals surface area contributed by atoms with Gasteiger partial charge in [0, 0.05) is 7.11 Å². The first-order valence-electron chi connectivity index (χ1n) is 4.63. The van der Waals surface area contributed by atoms with E-state index in [1.165, 1.54) is 7.11 Å². The first-order chi connectivity index (χ1) is 6.49. The first-order valence-corrected chi connectivity index (χ1v) is 6.35. The highest BCUT2D eigenvalue weighted by molar-refractivity contribution is 7.89. The Morgan fingerprint density at radius 2 is 2.14 bits per heavy atom. The van der Waals surface area contributed by atoms with Crippen molar-refractivity contribution in [1.82, 2.24) is 0 Å². The fourth-order valence-corrected chi connectivity index (χ4v) is 2.01. The summed E-state index contributed by atoms with van der Waals surface area (Å²) in [5.41, 5.74) is 0. The lowest BCUT2D eigenvalue weighted by molar-refractivity contribution is 0.111. The van der Waals surface area contributed by atoms with Crippen molar-refractivity contribution < 1.29 is 13.2 Å². The largest absolute Gasteiger partial charge is 0.380 e. The Morgan fingerprint density at radius 3 is 2.57 bits per heavy atom. The Balaban J connectivity index is 3.74. The van der Waals surface area contributed by atoms with Crippen molar-refractivity contribution in [3.8, 4) is 0 Å². The molecule has 0 saturated carbocycles. The lowest BCUT2D eigenvalue weighted by Crippen LogP contribution is -2.28. The van der Waals surface area contributed by atoms with Crippen LogP contribution >= 0.6 is 0 Å². The van der Waals surface area contributed by atoms with E-state index in [0.717, 1.165) is 25.7 Å². The molecule has 2 N–H and O–H groups in total. The van der Waals surface area contributed by atoms with Gasteiger partial charge in [0.2, 0.25) is 10.0 Å². The lowest BCUT2D eigenvalue weighted by Gasteiger charge is -2.13. The molecular weight excluding hydrogens is 202 g/mol. The summed E-state index contributed by atoms with van der Waals surface area (Å²) in [5.74, 6) is -0.0996. The van der Waals surface area contributed by atoms with Crippen molar-refractivity contribution in [2.75, 3.05) is 12.9 Å². The standard InChI is InChI=1S/C9H19NO3S/c1-3-4-5-6-7-9(13-2)8-14(10,11)12/h3,9H,1,4-8H2,2H3,(H2,10,11,12). The molecule has 0 fully saturated rings. The molecule has 0 aliphatic heterocycles. The zero-order chi connectivity index (χ0) is 11.0. The highest BCUT2D eigenvalue weighted by Gasteiger charge is 2.14. The average Bonchev–Trinajstić information content (AvgIpc) is 2.08. The van der Waals surface area contributed by atoms with Gasteiger partial charge in [0.15, 0.2) is 0 Å². The number of rotatable bonds is 8. The van der Waals surface area contributed by atoms with Gasteiger partial charge in [0.25, 0.3) is 0 Å². The molecule has 0 heterocycles. The van der Waals surface area contributed by atoms with Crippen LogP contribution in [0.2, 0.25) is 0 Å². The topological polar surface area (TPSA) is 69.4 Å². The van der Waals surface area contributed by atoms with Gasteiger partial charge in [-0.2, -0.15) is 0 Å². The maximum Gasteiger partial charge on any atom is 0.211 e. The fourth-order valence-electron chi connectivity index (χ4n) is 1.19. The van der Waals surface area contributed by atoms with Crippen molar-refractivity contribution in [2.45, 2.75) is 31.8 Å². The summed E-state index contributed by atoms with van der Waals surface area (Å²) in [4.78, 5) is 0. The minimum absolute atomic E-state index is 0.0996. The highest BCUT2D eigenvalue weighted by Crippen LogP contribution is 2.07. The molecule has 0 aromatic rings. The highest BCUT2D eigenvalue weighted by atomic mass is 32.2. The van der Waals surface area contributed by atoms with E-state index in [2.05, 4.69) is 6.58 Å². The van der Waals surface area contributed by atoms with Crippen LogP contribution in [-0.2, 0) is 14.8 Å². The van der Waals surface area contributed by atoms with Crippen LogP contribution in [0.5, 0.6) is 0 Å². The van der Waals surface area contributed by atoms with E-state index in [0.29, 0.717) is 0 Å². The van der Waals surface area contributed by atoms with Crippen LogP contribution < -0.4 is 5.14 Å². The lowest BCUT2D eigenvalue weighted by atomic mass is 10.1. The normalized spacial score (nSPS) is 13.9. The number of nitrogens with two attached hydrogens (primary N) is 1. The van der Waals surface area contributed by atoms with E-state index < -0.39 is 10.0 Å². The minimum atomic E-state index is -3.42. The summed E-state index contributed by atoms with van der Waals surface area (Å²) in [5, 5.41) is 4.92. The van der Waals surface area contributed by atoms with Crippen molar-refractivity contribution >= 4 is 10.0 Å². The molecular formula is C9H19NO3S. The third kappa shape index (κ3) is 8.22. The van der Waals surface area contributed by atoms with E-state index in [1.807, 2.05) is 6.08 Å². The third-order valence-electron chi connectivity index (χ3n) is 1.94. The molecule has 84 valence electrons. The summed E-state index contributed by atoms with van der Waals surface area (Å²) in [6, 6.07) is 0. The molecule has 0 aromatic carbocycles. The summed E-state index contributed by atoms with van der Waals surface area (Å²) in [7, 11) is -1.92. The van der Waals surface area contributed by atoms with Crippen molar-refractivity contribution in [3.05, 3.63) is 12.7 Å². The molecule has 5 heteroatoms. The van der Waals surface area contributed by atoms with Gasteiger partial charge in [0.05, 0.1) is 11.9 Å². The van der Waals surface area contributed by atoms with Crippen molar-refractivity contribution in [2.24, 2.45) is 5.14 Å². The van der Waals surface area contributed by atoms with Crippen LogP contribution in [0, 0.1) is 0 Å². The molecule has 0 aromatic heterocycles. The maximum atomic E-state index is 10.8. The van der Waals surface area contributed by atoms with Crippen LogP contribution in [0.1, 0.15) is 25.7 Å². The monoisotopic (exact) mass is 221 g/mol.